The molecule has 3 rings (SSSR count). The quantitative estimate of drug-likeness (QED) is 0.894. The largest absolute Gasteiger partial charge is 0.369 e. The number of nitrogens with one attached hydrogen (secondary N) is 1. The first-order valence-corrected chi connectivity index (χ1v) is 8.45. The third-order valence-electron chi connectivity index (χ3n) is 4.96. The molecular weight excluding hydrogens is 307 g/mol. The molecule has 24 heavy (non-hydrogen) atoms. The highest BCUT2D eigenvalue weighted by Gasteiger charge is 2.43. The molecule has 1 amide bonds. The Balaban J connectivity index is 1.47. The molecule has 1 atom stereocenters. The van der Waals surface area contributed by atoms with E-state index in [2.05, 4.69) is 21.2 Å². The van der Waals surface area contributed by atoms with Gasteiger partial charge < -0.3 is 10.2 Å². The maximum absolute atomic E-state index is 13.0. The fraction of sp³-hybridized carbons (Fsp3) is 0.556. The van der Waals surface area contributed by atoms with Crippen LogP contribution in [0.3, 0.4) is 0 Å². The van der Waals surface area contributed by atoms with Crippen molar-refractivity contribution in [2.24, 2.45) is 5.92 Å². The normalized spacial score (nSPS) is 21.0. The van der Waals surface area contributed by atoms with Gasteiger partial charge in [0, 0.05) is 31.9 Å². The van der Waals surface area contributed by atoms with Crippen LogP contribution in [-0.4, -0.2) is 49.1 Å². The second-order valence-corrected chi connectivity index (χ2v) is 6.88. The Morgan fingerprint density at radius 3 is 2.46 bits per heavy atom. The van der Waals surface area contributed by atoms with E-state index in [1.807, 2.05) is 6.92 Å². The standard InChI is InChI=1S/C18H23FN4O/c1-18(13-20,14-2-3-14)21-17(24)12-22-8-10-23(11-9-22)16-6-4-15(19)5-7-16/h4-7,14H,2-3,8-12H2,1H3,(H,21,24)/t18-/m0/s1. The van der Waals surface area contributed by atoms with Gasteiger partial charge in [-0.15, -0.1) is 0 Å². The molecule has 1 aromatic rings. The predicted octanol–water partition coefficient (Wildman–Crippen LogP) is 1.76. The van der Waals surface area contributed by atoms with Gasteiger partial charge in [-0.1, -0.05) is 0 Å². The Kier molecular flexibility index (Phi) is 4.72. The van der Waals surface area contributed by atoms with E-state index in [9.17, 15) is 14.4 Å². The summed E-state index contributed by atoms with van der Waals surface area (Å²) in [6, 6.07) is 8.76. The lowest BCUT2D eigenvalue weighted by molar-refractivity contribution is -0.123. The van der Waals surface area contributed by atoms with E-state index in [1.165, 1.54) is 12.1 Å². The zero-order valence-corrected chi connectivity index (χ0v) is 14.0. The van der Waals surface area contributed by atoms with Crippen LogP contribution in [0.15, 0.2) is 24.3 Å². The molecule has 0 spiro atoms. The van der Waals surface area contributed by atoms with Gasteiger partial charge in [0.2, 0.25) is 5.91 Å². The summed E-state index contributed by atoms with van der Waals surface area (Å²) in [6.07, 6.45) is 2.03. The molecule has 0 unspecified atom stereocenters. The molecule has 2 aliphatic rings. The first-order chi connectivity index (χ1) is 11.5. The molecule has 1 saturated carbocycles. The van der Waals surface area contributed by atoms with E-state index in [-0.39, 0.29) is 11.7 Å². The molecule has 1 heterocycles. The fourth-order valence-corrected chi connectivity index (χ4v) is 3.23. The van der Waals surface area contributed by atoms with Crippen molar-refractivity contribution in [3.05, 3.63) is 30.1 Å². The van der Waals surface area contributed by atoms with Crippen molar-refractivity contribution >= 4 is 11.6 Å². The number of amides is 1. The Bertz CT molecular complexity index is 629. The lowest BCUT2D eigenvalue weighted by atomic mass is 9.98. The SMILES string of the molecule is C[C@@](C#N)(NC(=O)CN1CCN(c2ccc(F)cc2)CC1)C1CC1. The minimum Gasteiger partial charge on any atom is -0.369 e. The van der Waals surface area contributed by atoms with Gasteiger partial charge in [-0.3, -0.25) is 9.69 Å². The number of halogens is 1. The first kappa shape index (κ1) is 16.7. The molecule has 1 N–H and O–H groups in total. The number of hydrogen-bond acceptors (Lipinski definition) is 4. The molecule has 0 aromatic heterocycles. The van der Waals surface area contributed by atoms with Gasteiger partial charge in [0.05, 0.1) is 12.6 Å². The second-order valence-electron chi connectivity index (χ2n) is 6.88. The van der Waals surface area contributed by atoms with Crippen molar-refractivity contribution in [2.45, 2.75) is 25.3 Å². The molecule has 6 heteroatoms. The minimum atomic E-state index is -0.729. The van der Waals surface area contributed by atoms with Crippen molar-refractivity contribution < 1.29 is 9.18 Å². The van der Waals surface area contributed by atoms with Crippen LogP contribution in [0, 0.1) is 23.1 Å². The highest BCUT2D eigenvalue weighted by Crippen LogP contribution is 2.39. The molecule has 5 nitrogen and oxygen atoms in total. The highest BCUT2D eigenvalue weighted by molar-refractivity contribution is 5.79. The molecule has 1 aromatic carbocycles. The molecule has 1 aliphatic carbocycles. The number of nitrogens with zero attached hydrogens (tertiary/aromatic N) is 3. The monoisotopic (exact) mass is 330 g/mol. The summed E-state index contributed by atoms with van der Waals surface area (Å²) in [4.78, 5) is 16.5. The van der Waals surface area contributed by atoms with E-state index in [1.54, 1.807) is 12.1 Å². The van der Waals surface area contributed by atoms with Gasteiger partial charge in [0.25, 0.3) is 0 Å². The maximum atomic E-state index is 13.0. The summed E-state index contributed by atoms with van der Waals surface area (Å²) in [5.74, 6) is -0.0202. The van der Waals surface area contributed by atoms with Crippen molar-refractivity contribution in [1.82, 2.24) is 10.2 Å². The average molecular weight is 330 g/mol. The van der Waals surface area contributed by atoms with Crippen LogP contribution in [0.5, 0.6) is 0 Å². The predicted molar refractivity (Wildman–Crippen MR) is 89.9 cm³/mol. The molecule has 1 saturated heterocycles. The zero-order chi connectivity index (χ0) is 17.2. The van der Waals surface area contributed by atoms with Crippen molar-refractivity contribution in [2.75, 3.05) is 37.6 Å². The molecular formula is C18H23FN4O. The number of rotatable bonds is 5. The number of carbonyl (C=O) groups is 1. The zero-order valence-electron chi connectivity index (χ0n) is 14.0. The van der Waals surface area contributed by atoms with E-state index in [4.69, 9.17) is 0 Å². The summed E-state index contributed by atoms with van der Waals surface area (Å²) in [5, 5.41) is 12.2. The van der Waals surface area contributed by atoms with Gasteiger partial charge in [0.1, 0.15) is 11.4 Å². The summed E-state index contributed by atoms with van der Waals surface area (Å²) in [7, 11) is 0. The smallest absolute Gasteiger partial charge is 0.235 e. The molecule has 1 aliphatic heterocycles. The van der Waals surface area contributed by atoms with Gasteiger partial charge in [0.15, 0.2) is 0 Å². The van der Waals surface area contributed by atoms with Crippen LogP contribution in [0.4, 0.5) is 10.1 Å². The fourth-order valence-electron chi connectivity index (χ4n) is 3.23. The van der Waals surface area contributed by atoms with Crippen molar-refractivity contribution in [3.8, 4) is 6.07 Å². The topological polar surface area (TPSA) is 59.4 Å². The molecule has 0 radical (unpaired) electrons. The summed E-state index contributed by atoms with van der Waals surface area (Å²) < 4.78 is 13.0. The average Bonchev–Trinajstić information content (AvgIpc) is 3.41. The number of anilines is 1. The van der Waals surface area contributed by atoms with Crippen LogP contribution in [0.2, 0.25) is 0 Å². The third-order valence-corrected chi connectivity index (χ3v) is 4.96. The van der Waals surface area contributed by atoms with Gasteiger partial charge in [-0.05, 0) is 49.9 Å². The van der Waals surface area contributed by atoms with E-state index in [0.29, 0.717) is 12.5 Å². The maximum Gasteiger partial charge on any atom is 0.235 e. The van der Waals surface area contributed by atoms with E-state index >= 15 is 0 Å². The third kappa shape index (κ3) is 3.85. The lowest BCUT2D eigenvalue weighted by Crippen LogP contribution is -2.53. The van der Waals surface area contributed by atoms with E-state index < -0.39 is 5.54 Å². The van der Waals surface area contributed by atoms with Crippen molar-refractivity contribution in [3.63, 3.8) is 0 Å². The van der Waals surface area contributed by atoms with E-state index in [0.717, 1.165) is 44.7 Å². The Labute approximate surface area is 142 Å². The van der Waals surface area contributed by atoms with Crippen LogP contribution in [0.1, 0.15) is 19.8 Å². The second kappa shape index (κ2) is 6.78. The van der Waals surface area contributed by atoms with Gasteiger partial charge in [-0.2, -0.15) is 5.26 Å². The van der Waals surface area contributed by atoms with Crippen LogP contribution < -0.4 is 10.2 Å². The Hall–Kier alpha value is -2.13. The number of benzene rings is 1. The molecule has 128 valence electrons. The summed E-state index contributed by atoms with van der Waals surface area (Å²) in [6.45, 7) is 5.29. The number of carbonyl (C=O) groups excluding carboxylic acids is 1. The lowest BCUT2D eigenvalue weighted by Gasteiger charge is -2.36. The summed E-state index contributed by atoms with van der Waals surface area (Å²) in [5.41, 5.74) is 0.277. The van der Waals surface area contributed by atoms with Crippen LogP contribution >= 0.6 is 0 Å². The van der Waals surface area contributed by atoms with Gasteiger partial charge in [-0.25, -0.2) is 4.39 Å². The number of piperazine rings is 1. The Morgan fingerprint density at radius 2 is 1.92 bits per heavy atom. The van der Waals surface area contributed by atoms with Gasteiger partial charge >= 0.3 is 0 Å². The highest BCUT2D eigenvalue weighted by atomic mass is 19.1. The van der Waals surface area contributed by atoms with Crippen molar-refractivity contribution in [1.29, 1.82) is 5.26 Å². The molecule has 0 bridgehead atoms. The first-order valence-electron chi connectivity index (χ1n) is 8.45. The molecule has 2 fully saturated rings. The number of nitriles is 1. The van der Waals surface area contributed by atoms with Crippen LogP contribution in [-0.2, 0) is 4.79 Å². The Morgan fingerprint density at radius 1 is 1.29 bits per heavy atom. The van der Waals surface area contributed by atoms with Crippen LogP contribution in [0.25, 0.3) is 0 Å². The number of hydrogen-bond donors (Lipinski definition) is 1. The summed E-state index contributed by atoms with van der Waals surface area (Å²) >= 11 is 0. The minimum absolute atomic E-state index is 0.0822.